The predicted octanol–water partition coefficient (Wildman–Crippen LogP) is 4.48. The lowest BCUT2D eigenvalue weighted by molar-refractivity contribution is 0.312. The molecule has 1 unspecified atom stereocenters. The average Bonchev–Trinajstić information content (AvgIpc) is 2.47. The summed E-state index contributed by atoms with van der Waals surface area (Å²) >= 11 is 3.45. The molecule has 0 saturated carbocycles. The summed E-state index contributed by atoms with van der Waals surface area (Å²) in [6.07, 6.45) is 1.80. The molecule has 0 aliphatic rings. The Labute approximate surface area is 129 Å². The fourth-order valence-electron chi connectivity index (χ4n) is 2.11. The van der Waals surface area contributed by atoms with Crippen LogP contribution in [0, 0.1) is 0 Å². The summed E-state index contributed by atoms with van der Waals surface area (Å²) in [6.45, 7) is 2.83. The van der Waals surface area contributed by atoms with Gasteiger partial charge in [-0.15, -0.1) is 0 Å². The number of hydrogen-bond donors (Lipinski definition) is 1. The van der Waals surface area contributed by atoms with Gasteiger partial charge in [0.25, 0.3) is 0 Å². The normalized spacial score (nSPS) is 12.2. The third kappa shape index (κ3) is 4.09. The first kappa shape index (κ1) is 15.1. The Kier molecular flexibility index (Phi) is 5.62. The van der Waals surface area contributed by atoms with Crippen molar-refractivity contribution < 1.29 is 4.74 Å². The Morgan fingerprint density at radius 2 is 1.80 bits per heavy atom. The Hall–Kier alpha value is -1.32. The zero-order chi connectivity index (χ0) is 14.4. The van der Waals surface area contributed by atoms with Crippen LogP contribution in [-0.2, 0) is 6.42 Å². The van der Waals surface area contributed by atoms with Crippen molar-refractivity contribution in [3.05, 3.63) is 64.1 Å². The first-order valence-corrected chi connectivity index (χ1v) is 7.71. The van der Waals surface area contributed by atoms with Crippen LogP contribution in [0.5, 0.6) is 5.75 Å². The summed E-state index contributed by atoms with van der Waals surface area (Å²) in [5, 5.41) is 0. The minimum absolute atomic E-state index is 0.0516. The van der Waals surface area contributed by atoms with Crippen LogP contribution >= 0.6 is 15.9 Å². The molecule has 2 rings (SSSR count). The number of para-hydroxylation sites is 1. The number of rotatable bonds is 6. The number of benzene rings is 2. The summed E-state index contributed by atoms with van der Waals surface area (Å²) in [5.74, 6) is 0.902. The SMILES string of the molecule is CCCOc1ccccc1C(N)Cc1ccc(Br)cc1. The monoisotopic (exact) mass is 333 g/mol. The summed E-state index contributed by atoms with van der Waals surface area (Å²) in [6, 6.07) is 16.3. The van der Waals surface area contributed by atoms with Crippen LogP contribution < -0.4 is 10.5 Å². The zero-order valence-corrected chi connectivity index (χ0v) is 13.3. The number of hydrogen-bond acceptors (Lipinski definition) is 2. The molecule has 0 saturated heterocycles. The van der Waals surface area contributed by atoms with Crippen LogP contribution in [0.15, 0.2) is 53.0 Å². The van der Waals surface area contributed by atoms with Crippen molar-refractivity contribution in [2.75, 3.05) is 6.61 Å². The second-order valence-electron chi connectivity index (χ2n) is 4.82. The van der Waals surface area contributed by atoms with Crippen LogP contribution in [0.25, 0.3) is 0 Å². The van der Waals surface area contributed by atoms with Gasteiger partial charge in [-0.25, -0.2) is 0 Å². The molecule has 0 aliphatic carbocycles. The van der Waals surface area contributed by atoms with Gasteiger partial charge in [0.2, 0.25) is 0 Å². The molecule has 0 fully saturated rings. The molecule has 2 N–H and O–H groups in total. The molecule has 1 atom stereocenters. The zero-order valence-electron chi connectivity index (χ0n) is 11.7. The molecule has 0 heterocycles. The van der Waals surface area contributed by atoms with Gasteiger partial charge in [-0.2, -0.15) is 0 Å². The first-order chi connectivity index (χ1) is 9.70. The maximum absolute atomic E-state index is 6.35. The minimum Gasteiger partial charge on any atom is -0.493 e. The van der Waals surface area contributed by atoms with Crippen LogP contribution in [0.3, 0.4) is 0 Å². The third-order valence-corrected chi connectivity index (χ3v) is 3.68. The van der Waals surface area contributed by atoms with E-state index < -0.39 is 0 Å². The lowest BCUT2D eigenvalue weighted by Gasteiger charge is -2.17. The number of ether oxygens (including phenoxy) is 1. The fourth-order valence-corrected chi connectivity index (χ4v) is 2.38. The van der Waals surface area contributed by atoms with Gasteiger partial charge in [0.1, 0.15) is 5.75 Å². The molecule has 0 bridgehead atoms. The maximum Gasteiger partial charge on any atom is 0.124 e. The molecular weight excluding hydrogens is 314 g/mol. The molecule has 0 spiro atoms. The van der Waals surface area contributed by atoms with Crippen molar-refractivity contribution >= 4 is 15.9 Å². The van der Waals surface area contributed by atoms with Gasteiger partial charge in [0, 0.05) is 16.1 Å². The molecule has 3 heteroatoms. The Balaban J connectivity index is 2.12. The highest BCUT2D eigenvalue weighted by Crippen LogP contribution is 2.26. The second kappa shape index (κ2) is 7.46. The van der Waals surface area contributed by atoms with E-state index in [-0.39, 0.29) is 6.04 Å². The molecule has 0 aliphatic heterocycles. The average molecular weight is 334 g/mol. The largest absolute Gasteiger partial charge is 0.493 e. The number of halogens is 1. The van der Waals surface area contributed by atoms with Gasteiger partial charge in [-0.1, -0.05) is 53.2 Å². The van der Waals surface area contributed by atoms with Crippen molar-refractivity contribution in [1.29, 1.82) is 0 Å². The summed E-state index contributed by atoms with van der Waals surface area (Å²) < 4.78 is 6.86. The topological polar surface area (TPSA) is 35.2 Å². The van der Waals surface area contributed by atoms with E-state index in [0.717, 1.165) is 35.2 Å². The molecule has 2 nitrogen and oxygen atoms in total. The van der Waals surface area contributed by atoms with E-state index in [1.807, 2.05) is 30.3 Å². The molecule has 20 heavy (non-hydrogen) atoms. The van der Waals surface area contributed by atoms with E-state index in [1.54, 1.807) is 0 Å². The molecule has 2 aromatic carbocycles. The summed E-state index contributed by atoms with van der Waals surface area (Å²) in [7, 11) is 0. The Morgan fingerprint density at radius 1 is 1.10 bits per heavy atom. The van der Waals surface area contributed by atoms with Crippen molar-refractivity contribution in [1.82, 2.24) is 0 Å². The lowest BCUT2D eigenvalue weighted by Crippen LogP contribution is -2.15. The van der Waals surface area contributed by atoms with Gasteiger partial charge in [-0.05, 0) is 36.6 Å². The quantitative estimate of drug-likeness (QED) is 0.845. The van der Waals surface area contributed by atoms with E-state index in [2.05, 4.69) is 41.1 Å². The van der Waals surface area contributed by atoms with Crippen molar-refractivity contribution in [2.45, 2.75) is 25.8 Å². The minimum atomic E-state index is -0.0516. The predicted molar refractivity (Wildman–Crippen MR) is 87.0 cm³/mol. The van der Waals surface area contributed by atoms with E-state index in [0.29, 0.717) is 0 Å². The lowest BCUT2D eigenvalue weighted by atomic mass is 9.99. The maximum atomic E-state index is 6.35. The van der Waals surface area contributed by atoms with Crippen molar-refractivity contribution in [3.8, 4) is 5.75 Å². The Morgan fingerprint density at radius 3 is 2.50 bits per heavy atom. The van der Waals surface area contributed by atoms with Crippen LogP contribution in [0.2, 0.25) is 0 Å². The molecule has 106 valence electrons. The fraction of sp³-hybridized carbons (Fsp3) is 0.294. The molecule has 0 aromatic heterocycles. The number of nitrogens with two attached hydrogens (primary N) is 1. The van der Waals surface area contributed by atoms with Gasteiger partial charge in [0.15, 0.2) is 0 Å². The van der Waals surface area contributed by atoms with Gasteiger partial charge >= 0.3 is 0 Å². The highest BCUT2D eigenvalue weighted by Gasteiger charge is 2.12. The molecular formula is C17H20BrNO. The van der Waals surface area contributed by atoms with Gasteiger partial charge in [0.05, 0.1) is 6.61 Å². The summed E-state index contributed by atoms with van der Waals surface area (Å²) in [4.78, 5) is 0. The third-order valence-electron chi connectivity index (χ3n) is 3.15. The van der Waals surface area contributed by atoms with Crippen LogP contribution in [-0.4, -0.2) is 6.61 Å². The second-order valence-corrected chi connectivity index (χ2v) is 5.74. The molecule has 0 amide bonds. The highest BCUT2D eigenvalue weighted by molar-refractivity contribution is 9.10. The van der Waals surface area contributed by atoms with Crippen LogP contribution in [0.4, 0.5) is 0 Å². The van der Waals surface area contributed by atoms with E-state index >= 15 is 0 Å². The molecule has 0 radical (unpaired) electrons. The highest BCUT2D eigenvalue weighted by atomic mass is 79.9. The van der Waals surface area contributed by atoms with Gasteiger partial charge < -0.3 is 10.5 Å². The smallest absolute Gasteiger partial charge is 0.124 e. The van der Waals surface area contributed by atoms with Crippen molar-refractivity contribution in [2.24, 2.45) is 5.73 Å². The van der Waals surface area contributed by atoms with Crippen molar-refractivity contribution in [3.63, 3.8) is 0 Å². The Bertz CT molecular complexity index is 539. The van der Waals surface area contributed by atoms with E-state index in [9.17, 15) is 0 Å². The summed E-state index contributed by atoms with van der Waals surface area (Å²) in [5.41, 5.74) is 8.65. The van der Waals surface area contributed by atoms with Crippen LogP contribution in [0.1, 0.15) is 30.5 Å². The van der Waals surface area contributed by atoms with Gasteiger partial charge in [-0.3, -0.25) is 0 Å². The first-order valence-electron chi connectivity index (χ1n) is 6.92. The van der Waals surface area contributed by atoms with E-state index in [1.165, 1.54) is 5.56 Å². The van der Waals surface area contributed by atoms with E-state index in [4.69, 9.17) is 10.5 Å². The standard InChI is InChI=1S/C17H20BrNO/c1-2-11-20-17-6-4-3-5-15(17)16(19)12-13-7-9-14(18)10-8-13/h3-10,16H,2,11-12,19H2,1H3. The molecule has 2 aromatic rings.